The first-order chi connectivity index (χ1) is 64.2. The molecule has 0 spiro atoms. The number of unbranched alkanes of at least 4 members (excludes halogenated alkanes) is 2. The standard InChI is InChI=1S/C91H134N24O19/c1-5-6-22-67(104-78(119)54-111-37-32-63(33-38-111)102-83(127)68(103-77(118)53-100-75(116)27-16-20-60-30-28-59(2)29-31-60)24-12-14-35-98-91(134)115-45-43-113(56-80(122)123)41-39-112(55-79(120)121)40-42-114(44-46-115)57-81(124)125)84(128)106-70-50-76(117)96-34-15-13-25-73(82(92)126)109(3)89(133)72(48-62-51-99-66-23-11-10-21-65(62)66)108-87(131)74(26-17-36-97-90(93)94)110(4)88(132)71(47-61-18-8-7-9-19-61)107-85(129)69(105-86(70)130)49-64-52-95-58-101-64/h7-11,18-19,21,23,28-31,51-52,58,63,67-74,99H,5-6,12-17,20,22,24-27,32-50,53-57H2,1-4H3,(H2,92,126)(H,95,101)(H,96,117)(H,98,134)(H,100,116)(H,102,127)(H,103,118)(H,104,119)(H,105,130)(H,106,128)(H,107,129)(H,108,131)(H,120,121)(H,122,123)(H,124,125)(H4,93,94,97)/t67-,68?,69-,70-,71+,72-,73-,74-/m0/s1. The molecule has 0 radical (unpaired) electrons. The summed E-state index contributed by atoms with van der Waals surface area (Å²) in [6, 6.07) is 11.7. The lowest BCUT2D eigenvalue weighted by Gasteiger charge is -2.34. The number of carboxylic acids is 3. The van der Waals surface area contributed by atoms with Crippen molar-refractivity contribution >= 4 is 112 Å². The Hall–Kier alpha value is -13.2. The quantitative estimate of drug-likeness (QED) is 0.0121. The Bertz CT molecular complexity index is 4710. The van der Waals surface area contributed by atoms with Crippen LogP contribution in [0.5, 0.6) is 0 Å². The molecule has 0 aliphatic carbocycles. The highest BCUT2D eigenvalue weighted by atomic mass is 16.4. The van der Waals surface area contributed by atoms with Crippen molar-refractivity contribution in [3.8, 4) is 0 Å². The van der Waals surface area contributed by atoms with Gasteiger partial charge in [0, 0.05) is 160 Å². The number of aromatic nitrogens is 3. The van der Waals surface area contributed by atoms with Crippen LogP contribution in [0.25, 0.3) is 10.9 Å². The van der Waals surface area contributed by atoms with Crippen molar-refractivity contribution in [2.24, 2.45) is 11.5 Å². The number of aromatic amines is 2. The number of rotatable bonds is 39. The highest BCUT2D eigenvalue weighted by Crippen LogP contribution is 2.23. The van der Waals surface area contributed by atoms with Gasteiger partial charge in [-0.1, -0.05) is 98.1 Å². The fraction of sp³-hybridized carbons (Fsp3) is 0.560. The van der Waals surface area contributed by atoms with Crippen LogP contribution in [0, 0.1) is 12.3 Å². The summed E-state index contributed by atoms with van der Waals surface area (Å²) in [7, 11) is 2.74. The maximum Gasteiger partial charge on any atom is 0.317 e. The number of nitrogens with two attached hydrogens (primary N) is 2. The minimum Gasteiger partial charge on any atom is -0.480 e. The summed E-state index contributed by atoms with van der Waals surface area (Å²) in [5, 5.41) is 68.4. The van der Waals surface area contributed by atoms with E-state index in [4.69, 9.17) is 16.9 Å². The number of carbonyl (C=O) groups is 16. The molecule has 134 heavy (non-hydrogen) atoms. The number of aryl methyl sites for hydroxylation is 2. The Labute approximate surface area is 778 Å². The molecule has 5 aromatic rings. The van der Waals surface area contributed by atoms with E-state index in [1.54, 1.807) is 51.2 Å². The Kier molecular flexibility index (Phi) is 43.9. The summed E-state index contributed by atoms with van der Waals surface area (Å²) >= 11 is 0. The molecule has 3 fully saturated rings. The number of piperidine rings is 1. The zero-order valence-corrected chi connectivity index (χ0v) is 76.9. The number of imidazole rings is 1. The lowest BCUT2D eigenvalue weighted by molar-refractivity contribution is -0.145. The van der Waals surface area contributed by atoms with Crippen LogP contribution in [0.2, 0.25) is 0 Å². The molecule has 8 rings (SSSR count). The van der Waals surface area contributed by atoms with Gasteiger partial charge in [-0.15, -0.1) is 0 Å². The van der Waals surface area contributed by atoms with E-state index in [-0.39, 0.29) is 200 Å². The number of hydrogen-bond donors (Lipinski definition) is 19. The number of primary amides is 1. The first-order valence-electron chi connectivity index (χ1n) is 45.9. The molecule has 3 saturated heterocycles. The van der Waals surface area contributed by atoms with E-state index in [2.05, 4.69) is 73.4 Å². The normalized spacial score (nSPS) is 19.9. The van der Waals surface area contributed by atoms with Gasteiger partial charge in [0.1, 0.15) is 48.3 Å². The van der Waals surface area contributed by atoms with E-state index >= 15 is 24.0 Å². The van der Waals surface area contributed by atoms with Crippen molar-refractivity contribution in [3.63, 3.8) is 0 Å². The van der Waals surface area contributed by atoms with Gasteiger partial charge in [-0.2, -0.15) is 0 Å². The number of para-hydroxylation sites is 1. The first-order valence-corrected chi connectivity index (χ1v) is 45.9. The maximum absolute atomic E-state index is 15.5. The van der Waals surface area contributed by atoms with E-state index in [0.717, 1.165) is 31.8 Å². The number of H-pyrrole nitrogens is 2. The van der Waals surface area contributed by atoms with Gasteiger partial charge in [0.05, 0.1) is 45.5 Å². The molecule has 3 aromatic carbocycles. The van der Waals surface area contributed by atoms with Gasteiger partial charge in [-0.3, -0.25) is 96.9 Å². The van der Waals surface area contributed by atoms with Gasteiger partial charge in [-0.05, 0) is 113 Å². The SMILES string of the molecule is CCCC[C@H](NC(=O)CN1CCC(NC(=O)C(CCCCNC(=O)N2CCN(CC(=O)O)CCN(CC(=O)O)CCN(CC(=O)O)CC2)NC(=O)CNC(=O)CCCc2ccc(C)cc2)CC1)C(=O)N[C@H]1CC(=O)NCCCC[C@@H](C(N)=O)N(C)C(=O)[C@H](Cc2c[nH]c3ccccc23)NC(=O)[C@H](CCCNC(=N)N)N(C)C(=O)[C@@H](Cc2ccccc2)NC(=O)[C@H](Cc2cnc[nH]2)NC1=O. The summed E-state index contributed by atoms with van der Waals surface area (Å²) in [4.78, 5) is 244. The molecule has 0 saturated carbocycles. The Morgan fingerprint density at radius 2 is 1.14 bits per heavy atom. The van der Waals surface area contributed by atoms with E-state index in [1.165, 1.54) is 31.5 Å². The molecule has 2 aromatic heterocycles. The van der Waals surface area contributed by atoms with Crippen molar-refractivity contribution in [1.29, 1.82) is 5.41 Å². The highest BCUT2D eigenvalue weighted by Gasteiger charge is 2.40. The molecular formula is C91H134N24O19. The summed E-state index contributed by atoms with van der Waals surface area (Å²) in [6.07, 6.45) is 7.25. The van der Waals surface area contributed by atoms with Crippen molar-refractivity contribution in [2.45, 2.75) is 197 Å². The minimum atomic E-state index is -1.75. The smallest absolute Gasteiger partial charge is 0.317 e. The minimum absolute atomic E-state index is 0.00979. The van der Waals surface area contributed by atoms with Gasteiger partial charge in [-0.25, -0.2) is 9.78 Å². The molecule has 0 bridgehead atoms. The molecule has 14 amide bonds. The number of urea groups is 1. The number of aliphatic carboxylic acids is 3. The Morgan fingerprint density at radius 1 is 0.560 bits per heavy atom. The lowest BCUT2D eigenvalue weighted by Crippen LogP contribution is -2.61. The van der Waals surface area contributed by atoms with Crippen LogP contribution < -0.4 is 70.0 Å². The van der Waals surface area contributed by atoms with Crippen LogP contribution in [-0.2, 0) is 97.6 Å². The number of likely N-dealkylation sites (tertiary alicyclic amines) is 1. The zero-order valence-electron chi connectivity index (χ0n) is 76.9. The number of benzene rings is 3. The number of guanidine groups is 1. The van der Waals surface area contributed by atoms with E-state index in [1.807, 2.05) is 67.3 Å². The van der Waals surface area contributed by atoms with Crippen LogP contribution in [-0.4, -0.2) is 352 Å². The third kappa shape index (κ3) is 36.8. The number of hydrogen-bond acceptors (Lipinski definition) is 22. The van der Waals surface area contributed by atoms with E-state index in [9.17, 15) is 68.1 Å². The molecule has 21 N–H and O–H groups in total. The second-order valence-electron chi connectivity index (χ2n) is 34.4. The second kappa shape index (κ2) is 55.4. The lowest BCUT2D eigenvalue weighted by atomic mass is 10.00. The van der Waals surface area contributed by atoms with Gasteiger partial charge < -0.3 is 110 Å². The van der Waals surface area contributed by atoms with Crippen LogP contribution in [0.1, 0.15) is 138 Å². The molecule has 3 aliphatic heterocycles. The number of carbonyl (C=O) groups excluding carboxylic acids is 13. The first kappa shape index (κ1) is 106. The third-order valence-corrected chi connectivity index (χ3v) is 24.0. The molecule has 3 aliphatic rings. The maximum atomic E-state index is 15.5. The van der Waals surface area contributed by atoms with Crippen LogP contribution in [0.3, 0.4) is 0 Å². The van der Waals surface area contributed by atoms with Gasteiger partial charge >= 0.3 is 23.9 Å². The Balaban J connectivity index is 0.960. The van der Waals surface area contributed by atoms with Gasteiger partial charge in [0.25, 0.3) is 0 Å². The van der Waals surface area contributed by atoms with Crippen molar-refractivity contribution in [3.05, 3.63) is 126 Å². The molecule has 1 unspecified atom stereocenters. The summed E-state index contributed by atoms with van der Waals surface area (Å²) < 4.78 is 0. The third-order valence-electron chi connectivity index (χ3n) is 24.0. The van der Waals surface area contributed by atoms with Crippen molar-refractivity contribution in [2.75, 3.05) is 132 Å². The van der Waals surface area contributed by atoms with Gasteiger partial charge in [0.2, 0.25) is 70.9 Å². The number of carboxylic acid groups (broad SMARTS) is 3. The largest absolute Gasteiger partial charge is 0.480 e. The summed E-state index contributed by atoms with van der Waals surface area (Å²) in [5.74, 6) is -12.6. The fourth-order valence-electron chi connectivity index (χ4n) is 16.4. The van der Waals surface area contributed by atoms with Gasteiger partial charge in [0.15, 0.2) is 5.96 Å². The van der Waals surface area contributed by atoms with Crippen molar-refractivity contribution < 1.29 is 92.0 Å². The number of amides is 14. The van der Waals surface area contributed by atoms with Crippen molar-refractivity contribution in [1.82, 2.24) is 108 Å². The zero-order chi connectivity index (χ0) is 97.2. The predicted molar refractivity (Wildman–Crippen MR) is 494 cm³/mol. The number of fused-ring (bicyclic) bond motifs is 1. The average molecular weight is 1870 g/mol. The molecule has 732 valence electrons. The number of likely N-dealkylation sites (N-methyl/N-ethyl adjacent to an activating group) is 2. The molecule has 5 heterocycles. The van der Waals surface area contributed by atoms with E-state index in [0.29, 0.717) is 61.8 Å². The van der Waals surface area contributed by atoms with Crippen LogP contribution >= 0.6 is 0 Å². The molecular weight excluding hydrogens is 1730 g/mol. The molecule has 43 nitrogen and oxygen atoms in total. The molecule has 43 heteroatoms. The van der Waals surface area contributed by atoms with E-state index < -0.39 is 156 Å². The Morgan fingerprint density at radius 3 is 1.77 bits per heavy atom. The number of nitrogens with one attached hydrogen (secondary N) is 14. The molecule has 8 atom stereocenters. The monoisotopic (exact) mass is 1870 g/mol. The number of nitrogens with zero attached hydrogens (tertiary/aromatic N) is 8. The summed E-state index contributed by atoms with van der Waals surface area (Å²) in [6.45, 7) is 3.62. The van der Waals surface area contributed by atoms with Crippen LogP contribution in [0.15, 0.2) is 97.6 Å². The average Bonchev–Trinajstić information content (AvgIpc) is 1.61. The topological polar surface area (TPSA) is 609 Å². The van der Waals surface area contributed by atoms with Crippen LogP contribution in [0.4, 0.5) is 4.79 Å². The summed E-state index contributed by atoms with van der Waals surface area (Å²) in [5.41, 5.74) is 16.1. The fourth-order valence-corrected chi connectivity index (χ4v) is 16.4. The predicted octanol–water partition coefficient (Wildman–Crippen LogP) is -1.51. The highest BCUT2D eigenvalue weighted by molar-refractivity contribution is 6.00. The second-order valence-corrected chi connectivity index (χ2v) is 34.4.